The van der Waals surface area contributed by atoms with E-state index in [1.54, 1.807) is 7.11 Å². The SMILES string of the molecule is CCOc1cc(C(=O)NCc2ccc(OC)cc2)ncn1. The van der Waals surface area contributed by atoms with Gasteiger partial charge in [-0.15, -0.1) is 0 Å². The molecule has 0 fully saturated rings. The summed E-state index contributed by atoms with van der Waals surface area (Å²) in [5.41, 5.74) is 1.25. The molecule has 0 unspecified atom stereocenters. The second kappa shape index (κ2) is 7.23. The minimum atomic E-state index is -0.269. The quantitative estimate of drug-likeness (QED) is 0.877. The predicted octanol–water partition coefficient (Wildman–Crippen LogP) is 1.81. The molecule has 0 spiro atoms. The topological polar surface area (TPSA) is 73.3 Å². The zero-order chi connectivity index (χ0) is 15.1. The normalized spacial score (nSPS) is 10.0. The number of amides is 1. The number of aromatic nitrogens is 2. The van der Waals surface area contributed by atoms with Crippen molar-refractivity contribution < 1.29 is 14.3 Å². The zero-order valence-corrected chi connectivity index (χ0v) is 12.0. The summed E-state index contributed by atoms with van der Waals surface area (Å²) in [6.07, 6.45) is 1.31. The van der Waals surface area contributed by atoms with Crippen LogP contribution in [0.1, 0.15) is 23.0 Å². The van der Waals surface area contributed by atoms with Crippen LogP contribution in [0.3, 0.4) is 0 Å². The van der Waals surface area contributed by atoms with Crippen molar-refractivity contribution in [2.45, 2.75) is 13.5 Å². The summed E-state index contributed by atoms with van der Waals surface area (Å²) in [4.78, 5) is 19.9. The highest BCUT2D eigenvalue weighted by molar-refractivity contribution is 5.92. The van der Waals surface area contributed by atoms with Crippen molar-refractivity contribution in [2.24, 2.45) is 0 Å². The maximum Gasteiger partial charge on any atom is 0.270 e. The van der Waals surface area contributed by atoms with Gasteiger partial charge in [0.25, 0.3) is 5.91 Å². The van der Waals surface area contributed by atoms with E-state index in [0.717, 1.165) is 11.3 Å². The molecule has 110 valence electrons. The molecule has 21 heavy (non-hydrogen) atoms. The number of benzene rings is 1. The average Bonchev–Trinajstić information content (AvgIpc) is 2.53. The molecule has 1 aromatic carbocycles. The van der Waals surface area contributed by atoms with Crippen LogP contribution in [0.2, 0.25) is 0 Å². The Bertz CT molecular complexity index is 599. The van der Waals surface area contributed by atoms with Gasteiger partial charge in [-0.3, -0.25) is 4.79 Å². The second-order valence-electron chi connectivity index (χ2n) is 4.21. The molecule has 0 saturated heterocycles. The Balaban J connectivity index is 1.95. The van der Waals surface area contributed by atoms with Crippen molar-refractivity contribution in [3.63, 3.8) is 0 Å². The van der Waals surface area contributed by atoms with Crippen LogP contribution in [0, 0.1) is 0 Å². The van der Waals surface area contributed by atoms with Crippen molar-refractivity contribution in [3.8, 4) is 11.6 Å². The third kappa shape index (κ3) is 4.17. The molecule has 0 aliphatic carbocycles. The molecule has 1 aromatic heterocycles. The van der Waals surface area contributed by atoms with E-state index in [0.29, 0.717) is 19.0 Å². The summed E-state index contributed by atoms with van der Waals surface area (Å²) in [6, 6.07) is 9.00. The van der Waals surface area contributed by atoms with E-state index in [1.807, 2.05) is 31.2 Å². The summed E-state index contributed by atoms with van der Waals surface area (Å²) in [6.45, 7) is 2.76. The van der Waals surface area contributed by atoms with E-state index < -0.39 is 0 Å². The number of hydrogen-bond donors (Lipinski definition) is 1. The Labute approximate surface area is 123 Å². The van der Waals surface area contributed by atoms with Gasteiger partial charge in [0.05, 0.1) is 13.7 Å². The second-order valence-corrected chi connectivity index (χ2v) is 4.21. The van der Waals surface area contributed by atoms with E-state index in [-0.39, 0.29) is 11.6 Å². The molecule has 2 aromatic rings. The number of hydrogen-bond acceptors (Lipinski definition) is 5. The molecule has 1 N–H and O–H groups in total. The maximum absolute atomic E-state index is 12.0. The molecule has 0 radical (unpaired) electrons. The number of carbonyl (C=O) groups is 1. The third-order valence-electron chi connectivity index (χ3n) is 2.78. The Morgan fingerprint density at radius 2 is 2.00 bits per heavy atom. The predicted molar refractivity (Wildman–Crippen MR) is 77.4 cm³/mol. The molecule has 1 heterocycles. The van der Waals surface area contributed by atoms with E-state index in [1.165, 1.54) is 12.4 Å². The molecule has 0 atom stereocenters. The van der Waals surface area contributed by atoms with Crippen molar-refractivity contribution in [3.05, 3.63) is 47.9 Å². The van der Waals surface area contributed by atoms with Crippen LogP contribution in [0.4, 0.5) is 0 Å². The fourth-order valence-electron chi connectivity index (χ4n) is 1.71. The third-order valence-corrected chi connectivity index (χ3v) is 2.78. The van der Waals surface area contributed by atoms with E-state index in [9.17, 15) is 4.79 Å². The van der Waals surface area contributed by atoms with Crippen LogP contribution in [0.15, 0.2) is 36.7 Å². The van der Waals surface area contributed by atoms with Gasteiger partial charge in [-0.2, -0.15) is 0 Å². The molecule has 6 nitrogen and oxygen atoms in total. The highest BCUT2D eigenvalue weighted by Crippen LogP contribution is 2.11. The lowest BCUT2D eigenvalue weighted by atomic mass is 10.2. The minimum absolute atomic E-state index is 0.269. The van der Waals surface area contributed by atoms with Gasteiger partial charge >= 0.3 is 0 Å². The van der Waals surface area contributed by atoms with Gasteiger partial charge in [-0.1, -0.05) is 12.1 Å². The number of methoxy groups -OCH3 is 1. The fraction of sp³-hybridized carbons (Fsp3) is 0.267. The maximum atomic E-state index is 12.0. The number of rotatable bonds is 6. The molecular formula is C15H17N3O3. The summed E-state index contributed by atoms with van der Waals surface area (Å²) in [5, 5.41) is 2.80. The number of nitrogens with one attached hydrogen (secondary N) is 1. The monoisotopic (exact) mass is 287 g/mol. The first kappa shape index (κ1) is 14.8. The highest BCUT2D eigenvalue weighted by Gasteiger charge is 2.09. The van der Waals surface area contributed by atoms with Gasteiger partial charge in [-0.05, 0) is 24.6 Å². The average molecular weight is 287 g/mol. The van der Waals surface area contributed by atoms with Crippen LogP contribution >= 0.6 is 0 Å². The van der Waals surface area contributed by atoms with Gasteiger partial charge < -0.3 is 14.8 Å². The van der Waals surface area contributed by atoms with Gasteiger partial charge in [0.2, 0.25) is 5.88 Å². The zero-order valence-electron chi connectivity index (χ0n) is 12.0. The van der Waals surface area contributed by atoms with Crippen molar-refractivity contribution in [1.82, 2.24) is 15.3 Å². The lowest BCUT2D eigenvalue weighted by Crippen LogP contribution is -2.23. The van der Waals surface area contributed by atoms with Crippen LogP contribution < -0.4 is 14.8 Å². The number of carbonyl (C=O) groups excluding carboxylic acids is 1. The minimum Gasteiger partial charge on any atom is -0.497 e. The molecule has 2 rings (SSSR count). The lowest BCUT2D eigenvalue weighted by molar-refractivity contribution is 0.0945. The van der Waals surface area contributed by atoms with Gasteiger partial charge in [0, 0.05) is 12.6 Å². The Hall–Kier alpha value is -2.63. The van der Waals surface area contributed by atoms with Crippen molar-refractivity contribution in [2.75, 3.05) is 13.7 Å². The Kier molecular flexibility index (Phi) is 5.09. The largest absolute Gasteiger partial charge is 0.497 e. The van der Waals surface area contributed by atoms with Crippen LogP contribution in [-0.4, -0.2) is 29.6 Å². The van der Waals surface area contributed by atoms with E-state index in [2.05, 4.69) is 15.3 Å². The van der Waals surface area contributed by atoms with Crippen LogP contribution in [0.5, 0.6) is 11.6 Å². The molecule has 0 aliphatic rings. The smallest absolute Gasteiger partial charge is 0.270 e. The Morgan fingerprint density at radius 1 is 1.24 bits per heavy atom. The fourth-order valence-corrected chi connectivity index (χ4v) is 1.71. The molecular weight excluding hydrogens is 270 g/mol. The molecule has 0 saturated carbocycles. The Morgan fingerprint density at radius 3 is 2.67 bits per heavy atom. The lowest BCUT2D eigenvalue weighted by Gasteiger charge is -2.07. The van der Waals surface area contributed by atoms with Crippen molar-refractivity contribution in [1.29, 1.82) is 0 Å². The summed E-state index contributed by atoms with van der Waals surface area (Å²) in [7, 11) is 1.61. The summed E-state index contributed by atoms with van der Waals surface area (Å²) in [5.74, 6) is 0.901. The molecule has 0 bridgehead atoms. The van der Waals surface area contributed by atoms with E-state index >= 15 is 0 Å². The number of ether oxygens (including phenoxy) is 2. The highest BCUT2D eigenvalue weighted by atomic mass is 16.5. The first-order valence-electron chi connectivity index (χ1n) is 6.59. The van der Waals surface area contributed by atoms with E-state index in [4.69, 9.17) is 9.47 Å². The van der Waals surface area contributed by atoms with Gasteiger partial charge in [0.1, 0.15) is 17.8 Å². The van der Waals surface area contributed by atoms with Crippen molar-refractivity contribution >= 4 is 5.91 Å². The molecule has 0 aliphatic heterocycles. The van der Waals surface area contributed by atoms with Crippen LogP contribution in [0.25, 0.3) is 0 Å². The van der Waals surface area contributed by atoms with Crippen LogP contribution in [-0.2, 0) is 6.54 Å². The number of nitrogens with zero attached hydrogens (tertiary/aromatic N) is 2. The first-order chi connectivity index (χ1) is 10.2. The molecule has 6 heteroatoms. The first-order valence-corrected chi connectivity index (χ1v) is 6.59. The summed E-state index contributed by atoms with van der Waals surface area (Å²) >= 11 is 0. The van der Waals surface area contributed by atoms with Gasteiger partial charge in [-0.25, -0.2) is 9.97 Å². The standard InChI is InChI=1S/C15H17N3O3/c1-3-21-14-8-13(17-10-18-14)15(19)16-9-11-4-6-12(20-2)7-5-11/h4-8,10H,3,9H2,1-2H3,(H,16,19). The summed E-state index contributed by atoms with van der Waals surface area (Å²) < 4.78 is 10.3. The van der Waals surface area contributed by atoms with Gasteiger partial charge in [0.15, 0.2) is 0 Å². The molecule has 1 amide bonds.